The quantitative estimate of drug-likeness (QED) is 0.718. The molecule has 0 fully saturated rings. The fourth-order valence-electron chi connectivity index (χ4n) is 3.17. The lowest BCUT2D eigenvalue weighted by atomic mass is 10.1. The van der Waals surface area contributed by atoms with E-state index in [1.165, 1.54) is 15.7 Å². The standard InChI is InChI=1S/C18H18N4O2S/c1-11-10-19-18(25-11)21-16(23)12-7-8-22-15(9-12)20-14-6-4-2-3-5-13(14)17(22)24/h7-10H,2-6H2,1H3,(H,19,21,23). The van der Waals surface area contributed by atoms with Crippen LogP contribution in [0.15, 0.2) is 29.3 Å². The van der Waals surface area contributed by atoms with Crippen LogP contribution < -0.4 is 10.9 Å². The van der Waals surface area contributed by atoms with Crippen LogP contribution in [0.5, 0.6) is 0 Å². The van der Waals surface area contributed by atoms with Crippen LogP contribution in [0.4, 0.5) is 5.13 Å². The molecule has 0 atom stereocenters. The first-order valence-corrected chi connectivity index (χ1v) is 9.21. The van der Waals surface area contributed by atoms with Crippen LogP contribution in [0.2, 0.25) is 0 Å². The summed E-state index contributed by atoms with van der Waals surface area (Å²) in [6.07, 6.45) is 8.18. The lowest BCUT2D eigenvalue weighted by molar-refractivity contribution is 0.102. The molecule has 1 amide bonds. The Kier molecular flexibility index (Phi) is 4.09. The molecule has 1 N–H and O–H groups in total. The summed E-state index contributed by atoms with van der Waals surface area (Å²) in [5.41, 5.74) is 2.69. The van der Waals surface area contributed by atoms with E-state index in [0.717, 1.165) is 48.2 Å². The molecule has 4 rings (SSSR count). The molecule has 3 aromatic heterocycles. The third-order valence-electron chi connectivity index (χ3n) is 4.45. The van der Waals surface area contributed by atoms with Crippen molar-refractivity contribution in [2.45, 2.75) is 39.0 Å². The lowest BCUT2D eigenvalue weighted by Gasteiger charge is -2.09. The highest BCUT2D eigenvalue weighted by atomic mass is 32.1. The number of fused-ring (bicyclic) bond motifs is 2. The Morgan fingerprint density at radius 1 is 1.28 bits per heavy atom. The second-order valence-electron chi connectivity index (χ2n) is 6.28. The predicted octanol–water partition coefficient (Wildman–Crippen LogP) is 2.98. The zero-order valence-corrected chi connectivity index (χ0v) is 14.7. The molecular weight excluding hydrogens is 336 g/mol. The molecular formula is C18H18N4O2S. The van der Waals surface area contributed by atoms with Crippen LogP contribution in [0.25, 0.3) is 5.65 Å². The molecule has 0 bridgehead atoms. The van der Waals surface area contributed by atoms with Gasteiger partial charge in [0.25, 0.3) is 11.5 Å². The summed E-state index contributed by atoms with van der Waals surface area (Å²) in [5.74, 6) is -0.249. The number of nitrogens with zero attached hydrogens (tertiary/aromatic N) is 3. The van der Waals surface area contributed by atoms with E-state index in [9.17, 15) is 9.59 Å². The zero-order chi connectivity index (χ0) is 17.4. The van der Waals surface area contributed by atoms with Crippen molar-refractivity contribution >= 4 is 28.0 Å². The maximum absolute atomic E-state index is 12.7. The van der Waals surface area contributed by atoms with Crippen molar-refractivity contribution in [3.05, 3.63) is 56.6 Å². The molecule has 1 aliphatic carbocycles. The number of nitrogens with one attached hydrogen (secondary N) is 1. The molecule has 128 valence electrons. The largest absolute Gasteiger partial charge is 0.298 e. The van der Waals surface area contributed by atoms with E-state index in [1.54, 1.807) is 24.5 Å². The van der Waals surface area contributed by atoms with E-state index >= 15 is 0 Å². The van der Waals surface area contributed by atoms with Crippen molar-refractivity contribution in [3.8, 4) is 0 Å². The first-order valence-electron chi connectivity index (χ1n) is 8.40. The lowest BCUT2D eigenvalue weighted by Crippen LogP contribution is -2.23. The number of hydrogen-bond acceptors (Lipinski definition) is 5. The fraction of sp³-hybridized carbons (Fsp3) is 0.333. The molecule has 3 heterocycles. The second kappa shape index (κ2) is 6.40. The first kappa shape index (κ1) is 16.0. The van der Waals surface area contributed by atoms with Crippen molar-refractivity contribution in [2.75, 3.05) is 5.32 Å². The summed E-state index contributed by atoms with van der Waals surface area (Å²) >= 11 is 1.42. The van der Waals surface area contributed by atoms with Crippen molar-refractivity contribution in [2.24, 2.45) is 0 Å². The van der Waals surface area contributed by atoms with Gasteiger partial charge >= 0.3 is 0 Å². The summed E-state index contributed by atoms with van der Waals surface area (Å²) in [6.45, 7) is 1.94. The molecule has 1 aliphatic rings. The van der Waals surface area contributed by atoms with Crippen molar-refractivity contribution in [1.29, 1.82) is 0 Å². The molecule has 0 aromatic carbocycles. The number of anilines is 1. The number of aromatic nitrogens is 3. The van der Waals surface area contributed by atoms with Gasteiger partial charge in [0.1, 0.15) is 5.65 Å². The molecule has 0 unspecified atom stereocenters. The SMILES string of the molecule is Cc1cnc(NC(=O)c2ccn3c(=O)c4c(nc3c2)CCCCC4)s1. The number of aryl methyl sites for hydroxylation is 2. The molecule has 0 saturated carbocycles. The Morgan fingerprint density at radius 3 is 2.92 bits per heavy atom. The summed E-state index contributed by atoms with van der Waals surface area (Å²) in [4.78, 5) is 35.0. The van der Waals surface area contributed by atoms with Gasteiger partial charge in [0.15, 0.2) is 5.13 Å². The van der Waals surface area contributed by atoms with Gasteiger partial charge in [-0.3, -0.25) is 19.3 Å². The maximum atomic E-state index is 12.7. The first-order chi connectivity index (χ1) is 12.1. The predicted molar refractivity (Wildman–Crippen MR) is 97.5 cm³/mol. The van der Waals surface area contributed by atoms with Crippen LogP contribution in [0.3, 0.4) is 0 Å². The summed E-state index contributed by atoms with van der Waals surface area (Å²) < 4.78 is 1.54. The smallest absolute Gasteiger partial charge is 0.261 e. The van der Waals surface area contributed by atoms with Crippen LogP contribution in [0, 0.1) is 6.92 Å². The van der Waals surface area contributed by atoms with E-state index in [-0.39, 0.29) is 11.5 Å². The molecule has 7 heteroatoms. The Hall–Kier alpha value is -2.54. The Bertz CT molecular complexity index is 1020. The van der Waals surface area contributed by atoms with Crippen LogP contribution >= 0.6 is 11.3 Å². The van der Waals surface area contributed by atoms with Gasteiger partial charge in [-0.25, -0.2) is 9.97 Å². The van der Waals surface area contributed by atoms with E-state index in [1.807, 2.05) is 6.92 Å². The Labute approximate surface area is 148 Å². The highest BCUT2D eigenvalue weighted by Crippen LogP contribution is 2.19. The van der Waals surface area contributed by atoms with Gasteiger partial charge < -0.3 is 0 Å². The Morgan fingerprint density at radius 2 is 2.12 bits per heavy atom. The molecule has 25 heavy (non-hydrogen) atoms. The number of carbonyl (C=O) groups excluding carboxylic acids is 1. The highest BCUT2D eigenvalue weighted by molar-refractivity contribution is 7.15. The van der Waals surface area contributed by atoms with E-state index < -0.39 is 0 Å². The number of pyridine rings is 1. The molecule has 0 radical (unpaired) electrons. The minimum atomic E-state index is -0.249. The highest BCUT2D eigenvalue weighted by Gasteiger charge is 2.16. The molecule has 3 aromatic rings. The minimum Gasteiger partial charge on any atom is -0.298 e. The zero-order valence-electron chi connectivity index (χ0n) is 13.9. The fourth-order valence-corrected chi connectivity index (χ4v) is 3.83. The maximum Gasteiger partial charge on any atom is 0.261 e. The van der Waals surface area contributed by atoms with Crippen molar-refractivity contribution < 1.29 is 4.79 Å². The van der Waals surface area contributed by atoms with E-state index in [2.05, 4.69) is 15.3 Å². The van der Waals surface area contributed by atoms with Gasteiger partial charge in [-0.15, -0.1) is 11.3 Å². The van der Waals surface area contributed by atoms with Gasteiger partial charge in [-0.1, -0.05) is 6.42 Å². The molecule has 6 nitrogen and oxygen atoms in total. The van der Waals surface area contributed by atoms with Crippen LogP contribution in [0.1, 0.15) is 45.8 Å². The molecule has 0 saturated heterocycles. The average Bonchev–Trinajstić information content (AvgIpc) is 2.86. The summed E-state index contributed by atoms with van der Waals surface area (Å²) in [7, 11) is 0. The van der Waals surface area contributed by atoms with Gasteiger partial charge in [0, 0.05) is 28.4 Å². The van der Waals surface area contributed by atoms with E-state index in [0.29, 0.717) is 16.3 Å². The average molecular weight is 354 g/mol. The number of thiazole rings is 1. The van der Waals surface area contributed by atoms with Crippen LogP contribution in [-0.4, -0.2) is 20.3 Å². The third-order valence-corrected chi connectivity index (χ3v) is 5.28. The van der Waals surface area contributed by atoms with E-state index in [4.69, 9.17) is 0 Å². The van der Waals surface area contributed by atoms with Gasteiger partial charge in [-0.2, -0.15) is 0 Å². The topological polar surface area (TPSA) is 76.4 Å². The monoisotopic (exact) mass is 354 g/mol. The molecule has 0 aliphatic heterocycles. The minimum absolute atomic E-state index is 0.00981. The molecule has 0 spiro atoms. The Balaban J connectivity index is 1.72. The van der Waals surface area contributed by atoms with Crippen molar-refractivity contribution in [1.82, 2.24) is 14.4 Å². The summed E-state index contributed by atoms with van der Waals surface area (Å²) in [6, 6.07) is 3.32. The van der Waals surface area contributed by atoms with Gasteiger partial charge in [0.05, 0.1) is 5.69 Å². The number of carbonyl (C=O) groups is 1. The summed E-state index contributed by atoms with van der Waals surface area (Å²) in [5, 5.41) is 3.35. The normalized spacial score (nSPS) is 14.1. The number of hydrogen-bond donors (Lipinski definition) is 1. The third kappa shape index (κ3) is 3.07. The second-order valence-corrected chi connectivity index (χ2v) is 7.51. The van der Waals surface area contributed by atoms with Crippen molar-refractivity contribution in [3.63, 3.8) is 0 Å². The van der Waals surface area contributed by atoms with Gasteiger partial charge in [0.2, 0.25) is 0 Å². The van der Waals surface area contributed by atoms with Gasteiger partial charge in [-0.05, 0) is 44.7 Å². The number of amides is 1. The van der Waals surface area contributed by atoms with Crippen LogP contribution in [-0.2, 0) is 12.8 Å². The number of rotatable bonds is 2.